The number of amides is 2. The van der Waals surface area contributed by atoms with Gasteiger partial charge in [0, 0.05) is 54.8 Å². The van der Waals surface area contributed by atoms with Crippen molar-refractivity contribution in [2.24, 2.45) is 0 Å². The van der Waals surface area contributed by atoms with Crippen LogP contribution < -0.4 is 15.0 Å². The topological polar surface area (TPSA) is 57.7 Å². The molecule has 2 aromatic rings. The molecular weight excluding hydrogens is 340 g/mol. The van der Waals surface area contributed by atoms with Crippen molar-refractivity contribution in [2.45, 2.75) is 13.0 Å². The molecule has 7 heteroatoms. The summed E-state index contributed by atoms with van der Waals surface area (Å²) >= 11 is 5.96. The number of nitrogens with zero attached hydrogens (tertiary/aromatic N) is 3. The third kappa shape index (κ3) is 3.96. The number of piperazine rings is 1. The van der Waals surface area contributed by atoms with Crippen molar-refractivity contribution < 1.29 is 9.53 Å². The highest BCUT2D eigenvalue weighted by Gasteiger charge is 2.27. The Morgan fingerprint density at radius 3 is 2.72 bits per heavy atom. The SMILES string of the molecule is COc1cc(Cl)ccc1NC(=O)N1CCN(c2ccncc2)C(C)C1. The molecule has 2 amide bonds. The van der Waals surface area contributed by atoms with Gasteiger partial charge in [-0.2, -0.15) is 0 Å². The first-order valence-electron chi connectivity index (χ1n) is 8.14. The van der Waals surface area contributed by atoms with Crippen molar-refractivity contribution in [3.05, 3.63) is 47.7 Å². The van der Waals surface area contributed by atoms with Crippen LogP contribution in [-0.4, -0.2) is 48.7 Å². The van der Waals surface area contributed by atoms with E-state index in [0.29, 0.717) is 29.5 Å². The normalized spacial score (nSPS) is 17.3. The average molecular weight is 361 g/mol. The second-order valence-corrected chi connectivity index (χ2v) is 6.41. The zero-order valence-electron chi connectivity index (χ0n) is 14.3. The fourth-order valence-corrected chi connectivity index (χ4v) is 3.19. The molecule has 3 rings (SSSR count). The van der Waals surface area contributed by atoms with E-state index in [9.17, 15) is 4.79 Å². The molecule has 1 atom stereocenters. The van der Waals surface area contributed by atoms with Gasteiger partial charge >= 0.3 is 6.03 Å². The summed E-state index contributed by atoms with van der Waals surface area (Å²) in [5.41, 5.74) is 1.74. The van der Waals surface area contributed by atoms with Crippen LogP contribution in [0.1, 0.15) is 6.92 Å². The molecule has 0 saturated carbocycles. The molecule has 1 aromatic heterocycles. The van der Waals surface area contributed by atoms with Gasteiger partial charge in [-0.05, 0) is 31.2 Å². The van der Waals surface area contributed by atoms with Crippen LogP contribution >= 0.6 is 11.6 Å². The van der Waals surface area contributed by atoms with Gasteiger partial charge in [0.05, 0.1) is 12.8 Å². The Balaban J connectivity index is 1.65. The Morgan fingerprint density at radius 2 is 2.04 bits per heavy atom. The maximum atomic E-state index is 12.6. The average Bonchev–Trinajstić information content (AvgIpc) is 2.63. The Hall–Kier alpha value is -2.47. The van der Waals surface area contributed by atoms with E-state index in [1.54, 1.807) is 37.7 Å². The molecule has 25 heavy (non-hydrogen) atoms. The number of rotatable bonds is 3. The zero-order chi connectivity index (χ0) is 17.8. The van der Waals surface area contributed by atoms with Crippen molar-refractivity contribution in [3.8, 4) is 5.75 Å². The molecule has 1 saturated heterocycles. The number of anilines is 2. The molecular formula is C18H21ClN4O2. The predicted molar refractivity (Wildman–Crippen MR) is 99.6 cm³/mol. The first-order valence-corrected chi connectivity index (χ1v) is 8.52. The maximum Gasteiger partial charge on any atom is 0.322 e. The summed E-state index contributed by atoms with van der Waals surface area (Å²) < 4.78 is 5.28. The van der Waals surface area contributed by atoms with Crippen molar-refractivity contribution in [3.63, 3.8) is 0 Å². The van der Waals surface area contributed by atoms with E-state index in [0.717, 1.165) is 12.2 Å². The Bertz CT molecular complexity index is 741. The van der Waals surface area contributed by atoms with E-state index < -0.39 is 0 Å². The van der Waals surface area contributed by atoms with Crippen molar-refractivity contribution in [2.75, 3.05) is 37.0 Å². The number of benzene rings is 1. The van der Waals surface area contributed by atoms with E-state index in [1.165, 1.54) is 0 Å². The number of urea groups is 1. The molecule has 1 N–H and O–H groups in total. The highest BCUT2D eigenvalue weighted by molar-refractivity contribution is 6.30. The number of methoxy groups -OCH3 is 1. The molecule has 0 bridgehead atoms. The standard InChI is InChI=1S/C18H21ClN4O2/c1-13-12-22(9-10-23(13)15-5-7-20-8-6-15)18(24)21-16-4-3-14(19)11-17(16)25-2/h3-8,11,13H,9-10,12H2,1-2H3,(H,21,24). The Morgan fingerprint density at radius 1 is 1.28 bits per heavy atom. The number of hydrogen-bond donors (Lipinski definition) is 1. The number of pyridine rings is 1. The summed E-state index contributed by atoms with van der Waals surface area (Å²) in [7, 11) is 1.55. The minimum absolute atomic E-state index is 0.137. The van der Waals surface area contributed by atoms with E-state index >= 15 is 0 Å². The quantitative estimate of drug-likeness (QED) is 0.910. The van der Waals surface area contributed by atoms with Crippen LogP contribution in [0.4, 0.5) is 16.2 Å². The van der Waals surface area contributed by atoms with E-state index in [-0.39, 0.29) is 12.1 Å². The smallest absolute Gasteiger partial charge is 0.322 e. The van der Waals surface area contributed by atoms with Gasteiger partial charge in [-0.3, -0.25) is 4.98 Å². The monoisotopic (exact) mass is 360 g/mol. The van der Waals surface area contributed by atoms with Crippen LogP contribution in [0.25, 0.3) is 0 Å². The summed E-state index contributed by atoms with van der Waals surface area (Å²) in [5.74, 6) is 0.546. The Labute approximate surface area is 152 Å². The predicted octanol–water partition coefficient (Wildman–Crippen LogP) is 3.49. The summed E-state index contributed by atoms with van der Waals surface area (Å²) in [5, 5.41) is 3.47. The van der Waals surface area contributed by atoms with Gasteiger partial charge in [0.25, 0.3) is 0 Å². The zero-order valence-corrected chi connectivity index (χ0v) is 15.0. The molecule has 1 aromatic carbocycles. The van der Waals surface area contributed by atoms with Crippen LogP contribution in [0.15, 0.2) is 42.7 Å². The number of ether oxygens (including phenoxy) is 1. The first-order chi connectivity index (χ1) is 12.1. The van der Waals surface area contributed by atoms with Crippen molar-refractivity contribution >= 4 is 29.0 Å². The number of nitrogens with one attached hydrogen (secondary N) is 1. The molecule has 2 heterocycles. The lowest BCUT2D eigenvalue weighted by atomic mass is 10.1. The lowest BCUT2D eigenvalue weighted by Crippen LogP contribution is -2.54. The Kier molecular flexibility index (Phi) is 5.28. The van der Waals surface area contributed by atoms with Gasteiger partial charge in [0.1, 0.15) is 5.75 Å². The molecule has 1 unspecified atom stereocenters. The molecule has 132 valence electrons. The van der Waals surface area contributed by atoms with Gasteiger partial charge in [0.2, 0.25) is 0 Å². The van der Waals surface area contributed by atoms with Gasteiger partial charge in [0.15, 0.2) is 0 Å². The van der Waals surface area contributed by atoms with Crippen LogP contribution in [0.3, 0.4) is 0 Å². The summed E-state index contributed by atoms with van der Waals surface area (Å²) in [6, 6.07) is 9.21. The van der Waals surface area contributed by atoms with Crippen LogP contribution in [-0.2, 0) is 0 Å². The number of carbonyl (C=O) groups excluding carboxylic acids is 1. The highest BCUT2D eigenvalue weighted by Crippen LogP contribution is 2.28. The van der Waals surface area contributed by atoms with Crippen molar-refractivity contribution in [1.82, 2.24) is 9.88 Å². The van der Waals surface area contributed by atoms with Gasteiger partial charge in [-0.15, -0.1) is 0 Å². The first kappa shape index (κ1) is 17.4. The summed E-state index contributed by atoms with van der Waals surface area (Å²) in [4.78, 5) is 20.8. The minimum atomic E-state index is -0.137. The molecule has 0 radical (unpaired) electrons. The van der Waals surface area contributed by atoms with Crippen molar-refractivity contribution in [1.29, 1.82) is 0 Å². The molecule has 6 nitrogen and oxygen atoms in total. The third-order valence-electron chi connectivity index (χ3n) is 4.31. The van der Waals surface area contributed by atoms with Gasteiger partial charge < -0.3 is 19.9 Å². The molecule has 0 aliphatic carbocycles. The second-order valence-electron chi connectivity index (χ2n) is 5.97. The van der Waals surface area contributed by atoms with Gasteiger partial charge in [-0.1, -0.05) is 11.6 Å². The fourth-order valence-electron chi connectivity index (χ4n) is 3.02. The summed E-state index contributed by atoms with van der Waals surface area (Å²) in [6.07, 6.45) is 3.57. The molecule has 0 spiro atoms. The maximum absolute atomic E-state index is 12.6. The van der Waals surface area contributed by atoms with Gasteiger partial charge in [-0.25, -0.2) is 4.79 Å². The third-order valence-corrected chi connectivity index (χ3v) is 4.55. The minimum Gasteiger partial charge on any atom is -0.495 e. The van der Waals surface area contributed by atoms with E-state index in [1.807, 2.05) is 17.0 Å². The lowest BCUT2D eigenvalue weighted by Gasteiger charge is -2.41. The molecule has 1 fully saturated rings. The number of carbonyl (C=O) groups is 1. The van der Waals surface area contributed by atoms with E-state index in [2.05, 4.69) is 22.1 Å². The van der Waals surface area contributed by atoms with Crippen LogP contribution in [0, 0.1) is 0 Å². The molecule has 1 aliphatic rings. The van der Waals surface area contributed by atoms with Crippen LogP contribution in [0.5, 0.6) is 5.75 Å². The second kappa shape index (κ2) is 7.61. The van der Waals surface area contributed by atoms with Crippen LogP contribution in [0.2, 0.25) is 5.02 Å². The van der Waals surface area contributed by atoms with E-state index in [4.69, 9.17) is 16.3 Å². The lowest BCUT2D eigenvalue weighted by molar-refractivity contribution is 0.200. The molecule has 1 aliphatic heterocycles. The fraction of sp³-hybridized carbons (Fsp3) is 0.333. The summed E-state index contributed by atoms with van der Waals surface area (Å²) in [6.45, 7) is 4.18. The number of hydrogen-bond acceptors (Lipinski definition) is 4. The number of aromatic nitrogens is 1. The number of halogens is 1. The largest absolute Gasteiger partial charge is 0.495 e. The highest BCUT2D eigenvalue weighted by atomic mass is 35.5.